The number of rotatable bonds is 4. The molecule has 0 aliphatic carbocycles. The van der Waals surface area contributed by atoms with Crippen LogP contribution in [-0.2, 0) is 0 Å². The predicted molar refractivity (Wildman–Crippen MR) is 73.6 cm³/mol. The summed E-state index contributed by atoms with van der Waals surface area (Å²) in [6.45, 7) is 0.585. The van der Waals surface area contributed by atoms with E-state index in [0.29, 0.717) is 17.7 Å². The number of nitrogens with two attached hydrogens (primary N) is 1. The molecule has 0 heterocycles. The van der Waals surface area contributed by atoms with E-state index in [1.54, 1.807) is 18.2 Å². The Kier molecular flexibility index (Phi) is 5.73. The first-order valence-corrected chi connectivity index (χ1v) is 5.59. The van der Waals surface area contributed by atoms with Crippen molar-refractivity contribution in [3.8, 4) is 16.9 Å². The van der Waals surface area contributed by atoms with Gasteiger partial charge in [0.25, 0.3) is 0 Å². The Labute approximate surface area is 116 Å². The van der Waals surface area contributed by atoms with Gasteiger partial charge in [-0.3, -0.25) is 0 Å². The summed E-state index contributed by atoms with van der Waals surface area (Å²) in [5, 5.41) is 0. The Bertz CT molecular complexity index is 549. The molecule has 0 fully saturated rings. The van der Waals surface area contributed by atoms with Crippen molar-refractivity contribution >= 4 is 12.4 Å². The minimum absolute atomic E-state index is 0. The van der Waals surface area contributed by atoms with Gasteiger partial charge in [-0.05, 0) is 35.4 Å². The third-order valence-electron chi connectivity index (χ3n) is 2.47. The molecule has 0 radical (unpaired) electrons. The Morgan fingerprint density at radius 3 is 2.37 bits per heavy atom. The number of hydrogen-bond acceptors (Lipinski definition) is 2. The van der Waals surface area contributed by atoms with Crippen LogP contribution in [0.15, 0.2) is 42.5 Å². The molecule has 0 saturated heterocycles. The second-order valence-corrected chi connectivity index (χ2v) is 3.79. The summed E-state index contributed by atoms with van der Waals surface area (Å²) in [5.74, 6) is -0.679. The standard InChI is InChI=1S/C14H13F2NO.ClH/c15-12-3-1-2-10(8-12)11-4-5-14(13(16)9-11)18-7-6-17;/h1-5,8-9H,6-7,17H2;1H. The first-order chi connectivity index (χ1) is 8.70. The zero-order valence-corrected chi connectivity index (χ0v) is 10.9. The molecule has 2 rings (SSSR count). The highest BCUT2D eigenvalue weighted by Crippen LogP contribution is 2.25. The summed E-state index contributed by atoms with van der Waals surface area (Å²) in [6.07, 6.45) is 0. The van der Waals surface area contributed by atoms with Crippen molar-refractivity contribution in [3.05, 3.63) is 54.1 Å². The normalized spacial score (nSPS) is 9.84. The van der Waals surface area contributed by atoms with E-state index >= 15 is 0 Å². The van der Waals surface area contributed by atoms with Gasteiger partial charge in [-0.1, -0.05) is 18.2 Å². The predicted octanol–water partition coefficient (Wildman–Crippen LogP) is 3.39. The molecule has 2 aromatic rings. The molecule has 2 N–H and O–H groups in total. The van der Waals surface area contributed by atoms with Gasteiger partial charge in [0.15, 0.2) is 11.6 Å². The van der Waals surface area contributed by atoms with Crippen LogP contribution < -0.4 is 10.5 Å². The van der Waals surface area contributed by atoms with Crippen molar-refractivity contribution in [2.45, 2.75) is 0 Å². The molecule has 2 aromatic carbocycles. The van der Waals surface area contributed by atoms with Crippen molar-refractivity contribution in [1.29, 1.82) is 0 Å². The molecule has 19 heavy (non-hydrogen) atoms. The third-order valence-corrected chi connectivity index (χ3v) is 2.47. The molecule has 0 atom stereocenters. The monoisotopic (exact) mass is 285 g/mol. The van der Waals surface area contributed by atoms with Gasteiger partial charge in [0, 0.05) is 6.54 Å². The van der Waals surface area contributed by atoms with Crippen LogP contribution in [0, 0.1) is 11.6 Å². The van der Waals surface area contributed by atoms with Gasteiger partial charge in [-0.2, -0.15) is 0 Å². The van der Waals surface area contributed by atoms with Crippen molar-refractivity contribution < 1.29 is 13.5 Å². The van der Waals surface area contributed by atoms with Crippen molar-refractivity contribution in [2.24, 2.45) is 5.73 Å². The number of ether oxygens (including phenoxy) is 1. The fourth-order valence-electron chi connectivity index (χ4n) is 1.63. The van der Waals surface area contributed by atoms with E-state index in [2.05, 4.69) is 0 Å². The van der Waals surface area contributed by atoms with Crippen LogP contribution in [0.4, 0.5) is 8.78 Å². The smallest absolute Gasteiger partial charge is 0.165 e. The molecule has 0 aromatic heterocycles. The molecule has 2 nitrogen and oxygen atoms in total. The zero-order valence-electron chi connectivity index (χ0n) is 10.1. The lowest BCUT2D eigenvalue weighted by molar-refractivity contribution is 0.311. The minimum atomic E-state index is -0.481. The van der Waals surface area contributed by atoms with Crippen molar-refractivity contribution in [1.82, 2.24) is 0 Å². The van der Waals surface area contributed by atoms with E-state index in [9.17, 15) is 8.78 Å². The molecule has 0 aliphatic rings. The summed E-state index contributed by atoms with van der Waals surface area (Å²) < 4.78 is 31.9. The Morgan fingerprint density at radius 1 is 1.00 bits per heavy atom. The van der Waals surface area contributed by atoms with E-state index in [4.69, 9.17) is 10.5 Å². The first kappa shape index (κ1) is 15.4. The van der Waals surface area contributed by atoms with Gasteiger partial charge in [-0.25, -0.2) is 8.78 Å². The van der Waals surface area contributed by atoms with E-state index < -0.39 is 5.82 Å². The Hall–Kier alpha value is -1.65. The topological polar surface area (TPSA) is 35.2 Å². The first-order valence-electron chi connectivity index (χ1n) is 5.59. The minimum Gasteiger partial charge on any atom is -0.489 e. The number of halogens is 3. The van der Waals surface area contributed by atoms with E-state index in [0.717, 1.165) is 0 Å². The van der Waals surface area contributed by atoms with Crippen LogP contribution in [0.1, 0.15) is 0 Å². The second kappa shape index (κ2) is 7.07. The molecular formula is C14H14ClF2NO. The Morgan fingerprint density at radius 2 is 1.74 bits per heavy atom. The van der Waals surface area contributed by atoms with Crippen LogP contribution >= 0.6 is 12.4 Å². The fraction of sp³-hybridized carbons (Fsp3) is 0.143. The van der Waals surface area contributed by atoms with E-state index in [1.165, 1.54) is 24.3 Å². The molecule has 0 aliphatic heterocycles. The van der Waals surface area contributed by atoms with Gasteiger partial charge >= 0.3 is 0 Å². The summed E-state index contributed by atoms with van der Waals surface area (Å²) in [6, 6.07) is 10.5. The second-order valence-electron chi connectivity index (χ2n) is 3.79. The molecule has 0 bridgehead atoms. The van der Waals surface area contributed by atoms with Gasteiger partial charge in [-0.15, -0.1) is 12.4 Å². The molecular weight excluding hydrogens is 272 g/mol. The lowest BCUT2D eigenvalue weighted by Crippen LogP contribution is -2.11. The maximum Gasteiger partial charge on any atom is 0.165 e. The van der Waals surface area contributed by atoms with Gasteiger partial charge in [0.2, 0.25) is 0 Å². The molecule has 5 heteroatoms. The largest absolute Gasteiger partial charge is 0.489 e. The van der Waals surface area contributed by atoms with Crippen LogP contribution in [0.5, 0.6) is 5.75 Å². The molecule has 0 spiro atoms. The average molecular weight is 286 g/mol. The summed E-state index contributed by atoms with van der Waals surface area (Å²) in [7, 11) is 0. The van der Waals surface area contributed by atoms with E-state index in [1.807, 2.05) is 0 Å². The van der Waals surface area contributed by atoms with Crippen LogP contribution in [0.25, 0.3) is 11.1 Å². The highest BCUT2D eigenvalue weighted by molar-refractivity contribution is 5.85. The highest BCUT2D eigenvalue weighted by atomic mass is 35.5. The zero-order chi connectivity index (χ0) is 13.0. The maximum atomic E-state index is 13.7. The molecule has 102 valence electrons. The summed E-state index contributed by atoms with van der Waals surface area (Å²) in [5.41, 5.74) is 6.50. The third kappa shape index (κ3) is 3.91. The molecule has 0 amide bonds. The van der Waals surface area contributed by atoms with Crippen LogP contribution in [0.3, 0.4) is 0 Å². The SMILES string of the molecule is Cl.NCCOc1ccc(-c2cccc(F)c2)cc1F. The van der Waals surface area contributed by atoms with E-state index in [-0.39, 0.29) is 30.6 Å². The number of hydrogen-bond donors (Lipinski definition) is 1. The summed E-state index contributed by atoms with van der Waals surface area (Å²) in [4.78, 5) is 0. The van der Waals surface area contributed by atoms with Gasteiger partial charge < -0.3 is 10.5 Å². The van der Waals surface area contributed by atoms with Crippen molar-refractivity contribution in [2.75, 3.05) is 13.2 Å². The van der Waals surface area contributed by atoms with Gasteiger partial charge in [0.1, 0.15) is 12.4 Å². The van der Waals surface area contributed by atoms with Gasteiger partial charge in [0.05, 0.1) is 0 Å². The van der Waals surface area contributed by atoms with Crippen molar-refractivity contribution in [3.63, 3.8) is 0 Å². The quantitative estimate of drug-likeness (QED) is 0.934. The fourth-order valence-corrected chi connectivity index (χ4v) is 1.63. The lowest BCUT2D eigenvalue weighted by Gasteiger charge is -2.08. The maximum absolute atomic E-state index is 13.7. The average Bonchev–Trinajstić information content (AvgIpc) is 2.37. The van der Waals surface area contributed by atoms with Crippen LogP contribution in [0.2, 0.25) is 0 Å². The molecule has 0 saturated carbocycles. The summed E-state index contributed by atoms with van der Waals surface area (Å²) >= 11 is 0. The Balaban J connectivity index is 0.00000180. The molecule has 0 unspecified atom stereocenters. The highest BCUT2D eigenvalue weighted by Gasteiger charge is 2.06. The van der Waals surface area contributed by atoms with Crippen LogP contribution in [-0.4, -0.2) is 13.2 Å². The lowest BCUT2D eigenvalue weighted by atomic mass is 10.1. The number of benzene rings is 2.